The minimum atomic E-state index is -1.05. The number of carbonyl (C=O) groups excluding carboxylic acids is 1. The van der Waals surface area contributed by atoms with Crippen LogP contribution in [0.4, 0.5) is 4.79 Å². The smallest absolute Gasteiger partial charge is 0.330 e. The minimum absolute atomic E-state index is 0.241. The summed E-state index contributed by atoms with van der Waals surface area (Å²) >= 11 is 0. The Balaban J connectivity index is 2.04. The van der Waals surface area contributed by atoms with Gasteiger partial charge in [-0.25, -0.2) is 9.59 Å². The van der Waals surface area contributed by atoms with Crippen molar-refractivity contribution in [1.82, 2.24) is 10.2 Å². The van der Waals surface area contributed by atoms with Gasteiger partial charge in [-0.05, 0) is 24.8 Å². The topological polar surface area (TPSA) is 69.6 Å². The van der Waals surface area contributed by atoms with E-state index < -0.39 is 12.0 Å². The van der Waals surface area contributed by atoms with Crippen LogP contribution in [0.2, 0.25) is 0 Å². The maximum absolute atomic E-state index is 12.0. The van der Waals surface area contributed by atoms with Gasteiger partial charge in [-0.15, -0.1) is 0 Å². The fourth-order valence-corrected chi connectivity index (χ4v) is 2.10. The lowest BCUT2D eigenvalue weighted by Crippen LogP contribution is -2.48. The highest BCUT2D eigenvalue weighted by Crippen LogP contribution is 2.24. The fraction of sp³-hybridized carbons (Fsp3) is 0.429. The van der Waals surface area contributed by atoms with E-state index >= 15 is 0 Å². The maximum atomic E-state index is 12.0. The Morgan fingerprint density at radius 3 is 2.42 bits per heavy atom. The van der Waals surface area contributed by atoms with E-state index in [1.165, 1.54) is 0 Å². The van der Waals surface area contributed by atoms with Crippen LogP contribution >= 0.6 is 0 Å². The van der Waals surface area contributed by atoms with E-state index in [4.69, 9.17) is 0 Å². The molecule has 1 aromatic carbocycles. The summed E-state index contributed by atoms with van der Waals surface area (Å²) in [5.74, 6) is -1.05. The summed E-state index contributed by atoms with van der Waals surface area (Å²) < 4.78 is 0. The molecule has 0 radical (unpaired) electrons. The first-order valence-electron chi connectivity index (χ1n) is 6.40. The lowest BCUT2D eigenvalue weighted by Gasteiger charge is -2.35. The van der Waals surface area contributed by atoms with Gasteiger partial charge in [0.05, 0.1) is 0 Å². The zero-order valence-corrected chi connectivity index (χ0v) is 10.9. The summed E-state index contributed by atoms with van der Waals surface area (Å²) in [6, 6.07) is 7.62. The summed E-state index contributed by atoms with van der Waals surface area (Å²) in [6.45, 7) is 0. The molecule has 0 bridgehead atoms. The zero-order valence-electron chi connectivity index (χ0n) is 10.9. The predicted molar refractivity (Wildman–Crippen MR) is 70.8 cm³/mol. The molecule has 1 saturated carbocycles. The van der Waals surface area contributed by atoms with Crippen LogP contribution in [0.15, 0.2) is 30.3 Å². The Kier molecular flexibility index (Phi) is 4.04. The third-order valence-electron chi connectivity index (χ3n) is 3.59. The number of nitrogens with zero attached hydrogens (tertiary/aromatic N) is 1. The van der Waals surface area contributed by atoms with Crippen molar-refractivity contribution in [2.75, 3.05) is 7.05 Å². The summed E-state index contributed by atoms with van der Waals surface area (Å²) in [5, 5.41) is 11.8. The van der Waals surface area contributed by atoms with Gasteiger partial charge in [0, 0.05) is 13.1 Å². The van der Waals surface area contributed by atoms with Gasteiger partial charge < -0.3 is 15.3 Å². The second-order valence-corrected chi connectivity index (χ2v) is 4.83. The molecule has 0 saturated heterocycles. The molecule has 1 aromatic rings. The van der Waals surface area contributed by atoms with Crippen molar-refractivity contribution >= 4 is 12.0 Å². The lowest BCUT2D eigenvalue weighted by molar-refractivity contribution is -0.139. The number of aliphatic carboxylic acids is 1. The third-order valence-corrected chi connectivity index (χ3v) is 3.59. The highest BCUT2D eigenvalue weighted by Gasteiger charge is 2.29. The number of hydrogen-bond acceptors (Lipinski definition) is 2. The first kappa shape index (κ1) is 13.4. The first-order valence-corrected chi connectivity index (χ1v) is 6.40. The molecule has 5 heteroatoms. The lowest BCUT2D eigenvalue weighted by atomic mass is 9.92. The summed E-state index contributed by atoms with van der Waals surface area (Å²) in [5.41, 5.74) is 0.574. The molecule has 1 fully saturated rings. The molecule has 2 N–H and O–H groups in total. The molecule has 0 spiro atoms. The van der Waals surface area contributed by atoms with Crippen LogP contribution in [-0.2, 0) is 4.79 Å². The molecule has 0 aromatic heterocycles. The molecule has 0 aliphatic heterocycles. The molecule has 0 unspecified atom stereocenters. The molecule has 2 rings (SSSR count). The highest BCUT2D eigenvalue weighted by atomic mass is 16.4. The average Bonchev–Trinajstić information content (AvgIpc) is 2.34. The number of benzene rings is 1. The zero-order chi connectivity index (χ0) is 13.8. The van der Waals surface area contributed by atoms with Gasteiger partial charge >= 0.3 is 12.0 Å². The Bertz CT molecular complexity index is 457. The van der Waals surface area contributed by atoms with Gasteiger partial charge in [0.2, 0.25) is 0 Å². The number of nitrogens with one attached hydrogen (secondary N) is 1. The SMILES string of the molecule is CN(C(=O)N[C@@H](C(=O)O)c1ccccc1)C1CCC1. The van der Waals surface area contributed by atoms with Gasteiger partial charge in [0.15, 0.2) is 6.04 Å². The van der Waals surface area contributed by atoms with Gasteiger partial charge in [-0.1, -0.05) is 30.3 Å². The predicted octanol–water partition coefficient (Wildman–Crippen LogP) is 2.01. The van der Waals surface area contributed by atoms with Crippen LogP contribution in [0.25, 0.3) is 0 Å². The van der Waals surface area contributed by atoms with E-state index in [1.807, 2.05) is 6.07 Å². The number of urea groups is 1. The molecule has 102 valence electrons. The van der Waals surface area contributed by atoms with Crippen molar-refractivity contribution in [3.8, 4) is 0 Å². The molecular formula is C14H18N2O3. The third kappa shape index (κ3) is 3.05. The maximum Gasteiger partial charge on any atom is 0.330 e. The van der Waals surface area contributed by atoms with Crippen molar-refractivity contribution < 1.29 is 14.7 Å². The van der Waals surface area contributed by atoms with Crippen LogP contribution in [-0.4, -0.2) is 35.1 Å². The summed E-state index contributed by atoms with van der Waals surface area (Å²) in [4.78, 5) is 24.9. The number of carboxylic acid groups (broad SMARTS) is 1. The van der Waals surface area contributed by atoms with Crippen molar-refractivity contribution in [3.63, 3.8) is 0 Å². The molecular weight excluding hydrogens is 244 g/mol. The van der Waals surface area contributed by atoms with Crippen molar-refractivity contribution in [2.45, 2.75) is 31.3 Å². The van der Waals surface area contributed by atoms with E-state index in [9.17, 15) is 14.7 Å². The van der Waals surface area contributed by atoms with E-state index in [1.54, 1.807) is 36.2 Å². The van der Waals surface area contributed by atoms with Crippen LogP contribution in [0.1, 0.15) is 30.9 Å². The minimum Gasteiger partial charge on any atom is -0.479 e. The van der Waals surface area contributed by atoms with E-state index in [-0.39, 0.29) is 12.1 Å². The molecule has 0 heterocycles. The van der Waals surface area contributed by atoms with E-state index in [0.717, 1.165) is 19.3 Å². The normalized spacial score (nSPS) is 16.3. The number of rotatable bonds is 4. The first-order chi connectivity index (χ1) is 9.09. The standard InChI is InChI=1S/C14H18N2O3/c1-16(11-8-5-9-11)14(19)15-12(13(17)18)10-6-3-2-4-7-10/h2-4,6-7,11-12H,5,8-9H2,1H3,(H,15,19)(H,17,18)/t12-/m1/s1. The Hall–Kier alpha value is -2.04. The van der Waals surface area contributed by atoms with Crippen LogP contribution in [0.3, 0.4) is 0 Å². The number of amides is 2. The van der Waals surface area contributed by atoms with Gasteiger partial charge in [-0.3, -0.25) is 0 Å². The molecule has 19 heavy (non-hydrogen) atoms. The Labute approximate surface area is 112 Å². The van der Waals surface area contributed by atoms with Crippen molar-refractivity contribution in [1.29, 1.82) is 0 Å². The molecule has 5 nitrogen and oxygen atoms in total. The van der Waals surface area contributed by atoms with Crippen LogP contribution in [0.5, 0.6) is 0 Å². The molecule has 1 atom stereocenters. The van der Waals surface area contributed by atoms with Crippen molar-refractivity contribution in [3.05, 3.63) is 35.9 Å². The van der Waals surface area contributed by atoms with Crippen LogP contribution < -0.4 is 5.32 Å². The molecule has 1 aliphatic rings. The van der Waals surface area contributed by atoms with Gasteiger partial charge in [0.1, 0.15) is 0 Å². The highest BCUT2D eigenvalue weighted by molar-refractivity contribution is 5.83. The second-order valence-electron chi connectivity index (χ2n) is 4.83. The largest absolute Gasteiger partial charge is 0.479 e. The molecule has 1 aliphatic carbocycles. The summed E-state index contributed by atoms with van der Waals surface area (Å²) in [6.07, 6.45) is 3.11. The average molecular weight is 262 g/mol. The summed E-state index contributed by atoms with van der Waals surface area (Å²) in [7, 11) is 1.71. The van der Waals surface area contributed by atoms with E-state index in [2.05, 4.69) is 5.32 Å². The van der Waals surface area contributed by atoms with Gasteiger partial charge in [-0.2, -0.15) is 0 Å². The second kappa shape index (κ2) is 5.73. The monoisotopic (exact) mass is 262 g/mol. The molecule has 2 amide bonds. The Morgan fingerprint density at radius 1 is 1.32 bits per heavy atom. The van der Waals surface area contributed by atoms with Crippen LogP contribution in [0, 0.1) is 0 Å². The Morgan fingerprint density at radius 2 is 1.95 bits per heavy atom. The van der Waals surface area contributed by atoms with Gasteiger partial charge in [0.25, 0.3) is 0 Å². The number of carbonyl (C=O) groups is 2. The quantitative estimate of drug-likeness (QED) is 0.872. The van der Waals surface area contributed by atoms with E-state index in [0.29, 0.717) is 5.56 Å². The number of carboxylic acids is 1. The van der Waals surface area contributed by atoms with Crippen molar-refractivity contribution in [2.24, 2.45) is 0 Å². The number of hydrogen-bond donors (Lipinski definition) is 2. The fourth-order valence-electron chi connectivity index (χ4n) is 2.10.